The van der Waals surface area contributed by atoms with E-state index in [0.29, 0.717) is 10.2 Å². The van der Waals surface area contributed by atoms with Crippen molar-refractivity contribution in [2.45, 2.75) is 18.4 Å². The molecule has 0 saturated carbocycles. The van der Waals surface area contributed by atoms with Crippen LogP contribution in [0.2, 0.25) is 5.02 Å². The van der Waals surface area contributed by atoms with Gasteiger partial charge in [-0.15, -0.1) is 10.2 Å². The maximum atomic E-state index is 12.2. The molecule has 142 valence electrons. The Kier molecular flexibility index (Phi) is 5.81. The first kappa shape index (κ1) is 19.2. The number of fused-ring (bicyclic) bond motifs is 1. The minimum atomic E-state index is -0.155. The number of aromatic nitrogens is 5. The van der Waals surface area contributed by atoms with Gasteiger partial charge in [0.2, 0.25) is 11.0 Å². The first-order chi connectivity index (χ1) is 13.6. The van der Waals surface area contributed by atoms with Crippen LogP contribution in [0.25, 0.3) is 21.5 Å². The lowest BCUT2D eigenvalue weighted by molar-refractivity contribution is -0.113. The molecule has 4 rings (SSSR count). The molecule has 1 N–H and O–H groups in total. The zero-order valence-corrected chi connectivity index (χ0v) is 17.8. The Labute approximate surface area is 177 Å². The molecule has 0 bridgehead atoms. The Morgan fingerprint density at radius 2 is 2.04 bits per heavy atom. The van der Waals surface area contributed by atoms with E-state index >= 15 is 0 Å². The highest BCUT2D eigenvalue weighted by Crippen LogP contribution is 2.34. The highest BCUT2D eigenvalue weighted by Gasteiger charge is 2.16. The van der Waals surface area contributed by atoms with Crippen molar-refractivity contribution in [3.05, 3.63) is 40.6 Å². The second-order valence-corrected chi connectivity index (χ2v) is 8.82. The Hall–Kier alpha value is -2.14. The van der Waals surface area contributed by atoms with Crippen molar-refractivity contribution in [2.24, 2.45) is 0 Å². The third-order valence-electron chi connectivity index (χ3n) is 3.70. The van der Waals surface area contributed by atoms with E-state index in [9.17, 15) is 4.79 Å². The largest absolute Gasteiger partial charge is 0.300 e. The van der Waals surface area contributed by atoms with Gasteiger partial charge in [0.1, 0.15) is 32.3 Å². The fourth-order valence-electron chi connectivity index (χ4n) is 2.38. The number of amides is 1. The van der Waals surface area contributed by atoms with E-state index in [1.807, 2.05) is 31.2 Å². The normalized spacial score (nSPS) is 11.1. The third kappa shape index (κ3) is 4.14. The van der Waals surface area contributed by atoms with Gasteiger partial charge in [-0.2, -0.15) is 4.37 Å². The summed E-state index contributed by atoms with van der Waals surface area (Å²) in [5.74, 6) is 0.0550. The standard InChI is InChI=1S/C17H13ClN6OS3/c1-2-12-22-23-17(27-12)21-11(25)7-26-16-15-14(19-8-20-16)13(24-28-15)9-3-5-10(18)6-4-9/h3-6,8H,2,7H2,1H3,(H,21,23,25). The Morgan fingerprint density at radius 3 is 2.79 bits per heavy atom. The van der Waals surface area contributed by atoms with Crippen LogP contribution in [0.4, 0.5) is 5.13 Å². The smallest absolute Gasteiger partial charge is 0.236 e. The van der Waals surface area contributed by atoms with Gasteiger partial charge in [0.25, 0.3) is 0 Å². The van der Waals surface area contributed by atoms with Crippen LogP contribution in [-0.2, 0) is 11.2 Å². The van der Waals surface area contributed by atoms with Crippen LogP contribution in [0.3, 0.4) is 0 Å². The minimum Gasteiger partial charge on any atom is -0.300 e. The lowest BCUT2D eigenvalue weighted by Crippen LogP contribution is -2.13. The molecule has 0 radical (unpaired) electrons. The topological polar surface area (TPSA) is 93.6 Å². The van der Waals surface area contributed by atoms with E-state index < -0.39 is 0 Å². The molecule has 11 heteroatoms. The summed E-state index contributed by atoms with van der Waals surface area (Å²) >= 11 is 10.0. The summed E-state index contributed by atoms with van der Waals surface area (Å²) in [7, 11) is 0. The van der Waals surface area contributed by atoms with Gasteiger partial charge < -0.3 is 0 Å². The predicted molar refractivity (Wildman–Crippen MR) is 114 cm³/mol. The van der Waals surface area contributed by atoms with Gasteiger partial charge in [-0.25, -0.2) is 9.97 Å². The molecule has 1 amide bonds. The van der Waals surface area contributed by atoms with Crippen molar-refractivity contribution >= 4 is 67.5 Å². The number of thioether (sulfide) groups is 1. The van der Waals surface area contributed by atoms with Gasteiger partial charge in [-0.3, -0.25) is 10.1 Å². The molecule has 0 aliphatic carbocycles. The van der Waals surface area contributed by atoms with Gasteiger partial charge in [0, 0.05) is 10.6 Å². The summed E-state index contributed by atoms with van der Waals surface area (Å²) in [4.78, 5) is 20.9. The number of benzene rings is 1. The highest BCUT2D eigenvalue weighted by molar-refractivity contribution is 8.00. The number of rotatable bonds is 6. The number of carbonyl (C=O) groups excluding carboxylic acids is 1. The van der Waals surface area contributed by atoms with E-state index in [1.54, 1.807) is 0 Å². The Morgan fingerprint density at radius 1 is 1.21 bits per heavy atom. The summed E-state index contributed by atoms with van der Waals surface area (Å²) in [6.45, 7) is 2.00. The SMILES string of the molecule is CCc1nnc(NC(=O)CSc2ncnc3c(-c4ccc(Cl)cc4)nsc23)s1. The Bertz CT molecular complexity index is 1130. The number of halogens is 1. The van der Waals surface area contributed by atoms with Crippen molar-refractivity contribution in [1.29, 1.82) is 0 Å². The van der Waals surface area contributed by atoms with Crippen LogP contribution in [0.1, 0.15) is 11.9 Å². The molecule has 0 spiro atoms. The molecule has 3 aromatic heterocycles. The summed E-state index contributed by atoms with van der Waals surface area (Å²) < 4.78 is 5.38. The first-order valence-corrected chi connectivity index (χ1v) is 11.2. The third-order valence-corrected chi connectivity index (χ3v) is 6.89. The lowest BCUT2D eigenvalue weighted by Gasteiger charge is -2.02. The average Bonchev–Trinajstić information content (AvgIpc) is 3.34. The number of anilines is 1. The number of nitrogens with zero attached hydrogens (tertiary/aromatic N) is 5. The number of hydrogen-bond donors (Lipinski definition) is 1. The minimum absolute atomic E-state index is 0.155. The summed E-state index contributed by atoms with van der Waals surface area (Å²) in [5, 5.41) is 13.5. The van der Waals surface area contributed by atoms with Crippen molar-refractivity contribution in [2.75, 3.05) is 11.1 Å². The second-order valence-electron chi connectivity index (χ2n) is 5.59. The molecule has 0 aliphatic rings. The van der Waals surface area contributed by atoms with Crippen LogP contribution in [0.5, 0.6) is 0 Å². The van der Waals surface area contributed by atoms with Gasteiger partial charge in [-0.1, -0.05) is 53.8 Å². The van der Waals surface area contributed by atoms with E-state index in [4.69, 9.17) is 11.6 Å². The molecule has 1 aromatic carbocycles. The summed E-state index contributed by atoms with van der Waals surface area (Å²) in [5.41, 5.74) is 2.49. The quantitative estimate of drug-likeness (QED) is 0.341. The molecule has 3 heterocycles. The number of hydrogen-bond acceptors (Lipinski definition) is 9. The molecule has 0 saturated heterocycles. The number of nitrogens with one attached hydrogen (secondary N) is 1. The van der Waals surface area contributed by atoms with Crippen LogP contribution in [-0.4, -0.2) is 36.2 Å². The predicted octanol–water partition coefficient (Wildman–Crippen LogP) is 4.55. The van der Waals surface area contributed by atoms with E-state index in [-0.39, 0.29) is 11.7 Å². The molecule has 0 atom stereocenters. The zero-order valence-electron chi connectivity index (χ0n) is 14.5. The lowest BCUT2D eigenvalue weighted by atomic mass is 10.1. The fraction of sp³-hybridized carbons (Fsp3) is 0.176. The molecular formula is C17H13ClN6OS3. The van der Waals surface area contributed by atoms with Crippen LogP contribution in [0.15, 0.2) is 35.6 Å². The van der Waals surface area contributed by atoms with Crippen LogP contribution < -0.4 is 5.32 Å². The van der Waals surface area contributed by atoms with Gasteiger partial charge in [0.15, 0.2) is 0 Å². The molecule has 7 nitrogen and oxygen atoms in total. The maximum absolute atomic E-state index is 12.2. The van der Waals surface area contributed by atoms with E-state index in [1.165, 1.54) is 41.0 Å². The molecular weight excluding hydrogens is 436 g/mol. The first-order valence-electron chi connectivity index (χ1n) is 8.25. The van der Waals surface area contributed by atoms with Crippen molar-refractivity contribution in [1.82, 2.24) is 24.5 Å². The highest BCUT2D eigenvalue weighted by atomic mass is 35.5. The maximum Gasteiger partial charge on any atom is 0.236 e. The number of carbonyl (C=O) groups is 1. The van der Waals surface area contributed by atoms with Crippen molar-refractivity contribution < 1.29 is 4.79 Å². The van der Waals surface area contributed by atoms with Crippen molar-refractivity contribution in [3.8, 4) is 11.3 Å². The van der Waals surface area contributed by atoms with Crippen molar-refractivity contribution in [3.63, 3.8) is 0 Å². The summed E-state index contributed by atoms with van der Waals surface area (Å²) in [6.07, 6.45) is 2.29. The monoisotopic (exact) mass is 448 g/mol. The second kappa shape index (κ2) is 8.48. The van der Waals surface area contributed by atoms with Crippen LogP contribution >= 0.6 is 46.2 Å². The average molecular weight is 449 g/mol. The Balaban J connectivity index is 1.50. The molecule has 4 aromatic rings. The zero-order chi connectivity index (χ0) is 19.5. The van der Waals surface area contributed by atoms with Gasteiger partial charge in [0.05, 0.1) is 5.75 Å². The molecule has 0 unspecified atom stereocenters. The molecule has 28 heavy (non-hydrogen) atoms. The summed E-state index contributed by atoms with van der Waals surface area (Å²) in [6, 6.07) is 7.46. The number of aryl methyl sites for hydroxylation is 1. The fourth-order valence-corrected chi connectivity index (χ4v) is 4.92. The molecule has 0 fully saturated rings. The van der Waals surface area contributed by atoms with E-state index in [2.05, 4.69) is 29.9 Å². The van der Waals surface area contributed by atoms with Gasteiger partial charge in [-0.05, 0) is 30.1 Å². The van der Waals surface area contributed by atoms with Crippen LogP contribution in [0, 0.1) is 0 Å². The van der Waals surface area contributed by atoms with Gasteiger partial charge >= 0.3 is 0 Å². The molecule has 0 aliphatic heterocycles. The van der Waals surface area contributed by atoms with E-state index in [0.717, 1.165) is 37.9 Å².